The summed E-state index contributed by atoms with van der Waals surface area (Å²) in [5, 5.41) is 9.40. The Morgan fingerprint density at radius 3 is 2.20 bits per heavy atom. The number of hydrogen-bond acceptors (Lipinski definition) is 1. The van der Waals surface area contributed by atoms with Gasteiger partial charge in [-0.1, -0.05) is 62.6 Å². The van der Waals surface area contributed by atoms with Gasteiger partial charge in [0.25, 0.3) is 0 Å². The Labute approximate surface area is 183 Å². The van der Waals surface area contributed by atoms with E-state index in [1.54, 1.807) is 5.57 Å². The van der Waals surface area contributed by atoms with Crippen LogP contribution in [0.5, 0.6) is 0 Å². The van der Waals surface area contributed by atoms with Gasteiger partial charge in [-0.15, -0.1) is 0 Å². The van der Waals surface area contributed by atoms with Gasteiger partial charge in [-0.05, 0) is 98.7 Å². The van der Waals surface area contributed by atoms with Gasteiger partial charge >= 0.3 is 5.97 Å². The molecule has 0 aliphatic heterocycles. The fraction of sp³-hybridized carbons (Fsp3) is 0.607. The minimum absolute atomic E-state index is 0.206. The van der Waals surface area contributed by atoms with E-state index in [2.05, 4.69) is 59.8 Å². The van der Waals surface area contributed by atoms with E-state index in [0.717, 1.165) is 18.4 Å². The molecule has 0 saturated carbocycles. The monoisotopic (exact) mass is 408 g/mol. The molecule has 0 amide bonds. The first-order valence-corrected chi connectivity index (χ1v) is 11.7. The highest BCUT2D eigenvalue weighted by Gasteiger charge is 2.35. The molecular weight excluding hydrogens is 368 g/mol. The van der Waals surface area contributed by atoms with Crippen LogP contribution in [0.25, 0.3) is 0 Å². The van der Waals surface area contributed by atoms with Gasteiger partial charge in [0.05, 0.1) is 0 Å². The summed E-state index contributed by atoms with van der Waals surface area (Å²) in [4.78, 5) is 11.4. The second kappa shape index (κ2) is 8.73. The number of rotatable bonds is 4. The van der Waals surface area contributed by atoms with Crippen molar-refractivity contribution >= 4 is 5.97 Å². The molecule has 3 aliphatic carbocycles. The molecule has 0 aromatic carbocycles. The largest absolute Gasteiger partial charge is 0.478 e. The number of hydrogen-bond donors (Lipinski definition) is 1. The van der Waals surface area contributed by atoms with Crippen molar-refractivity contribution in [3.63, 3.8) is 0 Å². The van der Waals surface area contributed by atoms with Gasteiger partial charge in [0, 0.05) is 6.08 Å². The third kappa shape index (κ3) is 5.07. The number of allylic oxidation sites excluding steroid dienone is 9. The molecule has 0 heterocycles. The Hall–Kier alpha value is -1.83. The van der Waals surface area contributed by atoms with Crippen molar-refractivity contribution < 1.29 is 9.90 Å². The van der Waals surface area contributed by atoms with E-state index in [1.165, 1.54) is 66.9 Å². The SMILES string of the molecule is CC1=C(/C=C\C2=CC(=C\C(=O)O)/C[C@H](C3=C(C)CCCC3(C)C)C2)C(C)(C)CCC1. The zero-order chi connectivity index (χ0) is 22.1. The second-order valence-corrected chi connectivity index (χ2v) is 11.1. The molecule has 164 valence electrons. The van der Waals surface area contributed by atoms with Gasteiger partial charge in [0.15, 0.2) is 0 Å². The average molecular weight is 409 g/mol. The van der Waals surface area contributed by atoms with Crippen LogP contribution in [0.3, 0.4) is 0 Å². The van der Waals surface area contributed by atoms with Crippen molar-refractivity contribution in [3.8, 4) is 0 Å². The lowest BCUT2D eigenvalue weighted by Crippen LogP contribution is -2.27. The highest BCUT2D eigenvalue weighted by molar-refractivity contribution is 5.81. The predicted molar refractivity (Wildman–Crippen MR) is 126 cm³/mol. The fourth-order valence-corrected chi connectivity index (χ4v) is 6.32. The molecule has 0 bridgehead atoms. The number of carboxylic acids is 1. The predicted octanol–water partition coefficient (Wildman–Crippen LogP) is 7.94. The van der Waals surface area contributed by atoms with E-state index in [4.69, 9.17) is 0 Å². The quantitative estimate of drug-likeness (QED) is 0.378. The summed E-state index contributed by atoms with van der Waals surface area (Å²) in [5.74, 6) is -0.434. The Bertz CT molecular complexity index is 855. The van der Waals surface area contributed by atoms with Gasteiger partial charge in [0.2, 0.25) is 0 Å². The van der Waals surface area contributed by atoms with Crippen molar-refractivity contribution in [2.75, 3.05) is 0 Å². The molecule has 0 aromatic rings. The normalized spacial score (nSPS) is 28.3. The molecule has 0 fully saturated rings. The lowest BCUT2D eigenvalue weighted by Gasteiger charge is -2.41. The molecule has 1 N–H and O–H groups in total. The summed E-state index contributed by atoms with van der Waals surface area (Å²) < 4.78 is 0. The van der Waals surface area contributed by atoms with Crippen molar-refractivity contribution in [3.05, 3.63) is 57.7 Å². The van der Waals surface area contributed by atoms with Crippen LogP contribution < -0.4 is 0 Å². The van der Waals surface area contributed by atoms with Gasteiger partial charge in [-0.3, -0.25) is 0 Å². The Balaban J connectivity index is 1.96. The maximum Gasteiger partial charge on any atom is 0.328 e. The number of carboxylic acid groups (broad SMARTS) is 1. The minimum Gasteiger partial charge on any atom is -0.478 e. The zero-order valence-electron chi connectivity index (χ0n) is 19.9. The lowest BCUT2D eigenvalue weighted by molar-refractivity contribution is -0.131. The number of aliphatic carboxylic acids is 1. The van der Waals surface area contributed by atoms with Crippen LogP contribution in [-0.4, -0.2) is 11.1 Å². The molecule has 1 atom stereocenters. The molecule has 0 radical (unpaired) electrons. The molecule has 0 spiro atoms. The highest BCUT2D eigenvalue weighted by Crippen LogP contribution is 2.49. The van der Waals surface area contributed by atoms with Gasteiger partial charge in [-0.25, -0.2) is 4.79 Å². The molecule has 2 nitrogen and oxygen atoms in total. The van der Waals surface area contributed by atoms with Crippen LogP contribution in [0, 0.1) is 16.7 Å². The van der Waals surface area contributed by atoms with E-state index in [9.17, 15) is 9.90 Å². The fourth-order valence-electron chi connectivity index (χ4n) is 6.32. The average Bonchev–Trinajstić information content (AvgIpc) is 2.59. The molecular formula is C28H40O2. The van der Waals surface area contributed by atoms with Crippen LogP contribution in [0.1, 0.15) is 92.9 Å². The van der Waals surface area contributed by atoms with Crippen molar-refractivity contribution in [1.82, 2.24) is 0 Å². The summed E-state index contributed by atoms with van der Waals surface area (Å²) in [6.07, 6.45) is 17.4. The zero-order valence-corrected chi connectivity index (χ0v) is 19.9. The van der Waals surface area contributed by atoms with Crippen LogP contribution in [0.2, 0.25) is 0 Å². The summed E-state index contributed by atoms with van der Waals surface area (Å²) in [7, 11) is 0. The van der Waals surface area contributed by atoms with Gasteiger partial charge in [-0.2, -0.15) is 0 Å². The van der Waals surface area contributed by atoms with Crippen molar-refractivity contribution in [2.45, 2.75) is 92.9 Å². The van der Waals surface area contributed by atoms with Crippen molar-refractivity contribution in [2.24, 2.45) is 16.7 Å². The highest BCUT2D eigenvalue weighted by atomic mass is 16.4. The smallest absolute Gasteiger partial charge is 0.328 e. The molecule has 0 saturated heterocycles. The molecule has 3 rings (SSSR count). The van der Waals surface area contributed by atoms with Crippen LogP contribution in [0.15, 0.2) is 57.7 Å². The molecule has 3 aliphatic rings. The van der Waals surface area contributed by atoms with E-state index in [1.807, 2.05) is 0 Å². The molecule has 0 unspecified atom stereocenters. The first-order valence-electron chi connectivity index (χ1n) is 11.7. The van der Waals surface area contributed by atoms with E-state index in [-0.39, 0.29) is 10.8 Å². The van der Waals surface area contributed by atoms with E-state index >= 15 is 0 Å². The summed E-state index contributed by atoms with van der Waals surface area (Å²) >= 11 is 0. The first-order chi connectivity index (χ1) is 14.0. The van der Waals surface area contributed by atoms with Crippen LogP contribution in [-0.2, 0) is 4.79 Å². The maximum absolute atomic E-state index is 11.4. The standard InChI is InChI=1S/C28H40O2/c1-19-9-7-13-27(3,4)24(19)12-11-21-15-22(18-25(29)30)17-23(16-21)26-20(2)10-8-14-28(26,5)6/h11-12,15,18,23H,7-10,13-14,16-17H2,1-6H3,(H,29,30)/b12-11-,22-18+/t23-/m1/s1. The summed E-state index contributed by atoms with van der Waals surface area (Å²) in [5.41, 5.74) is 8.73. The van der Waals surface area contributed by atoms with Gasteiger partial charge in [0.1, 0.15) is 0 Å². The molecule has 30 heavy (non-hydrogen) atoms. The van der Waals surface area contributed by atoms with E-state index in [0.29, 0.717) is 5.92 Å². The molecule has 2 heteroatoms. The topological polar surface area (TPSA) is 37.3 Å². The number of carbonyl (C=O) groups is 1. The Morgan fingerprint density at radius 1 is 0.967 bits per heavy atom. The Kier molecular flexibility index (Phi) is 6.65. The second-order valence-electron chi connectivity index (χ2n) is 11.1. The minimum atomic E-state index is -0.842. The van der Waals surface area contributed by atoms with Gasteiger partial charge < -0.3 is 5.11 Å². The molecule has 0 aromatic heterocycles. The van der Waals surface area contributed by atoms with Crippen LogP contribution in [0.4, 0.5) is 0 Å². The third-order valence-electron chi connectivity index (χ3n) is 7.60. The third-order valence-corrected chi connectivity index (χ3v) is 7.60. The first kappa shape index (κ1) is 22.8. The summed E-state index contributed by atoms with van der Waals surface area (Å²) in [6.45, 7) is 14.0. The lowest BCUT2D eigenvalue weighted by atomic mass is 9.64. The van der Waals surface area contributed by atoms with Crippen LogP contribution >= 0.6 is 0 Å². The van der Waals surface area contributed by atoms with Crippen molar-refractivity contribution in [1.29, 1.82) is 0 Å². The summed E-state index contributed by atoms with van der Waals surface area (Å²) in [6, 6.07) is 0. The van der Waals surface area contributed by atoms with E-state index < -0.39 is 5.97 Å². The Morgan fingerprint density at radius 2 is 1.60 bits per heavy atom. The maximum atomic E-state index is 11.4.